The van der Waals surface area contributed by atoms with Gasteiger partial charge in [-0.1, -0.05) is 18.2 Å². The van der Waals surface area contributed by atoms with Crippen LogP contribution in [-0.2, 0) is 6.54 Å². The lowest BCUT2D eigenvalue weighted by Crippen LogP contribution is -1.99. The summed E-state index contributed by atoms with van der Waals surface area (Å²) in [6.45, 7) is 0.481. The summed E-state index contributed by atoms with van der Waals surface area (Å²) in [5.74, 6) is -0.477. The molecule has 2 rings (SSSR count). The molecule has 2 aromatic rings. The van der Waals surface area contributed by atoms with Gasteiger partial charge >= 0.3 is 0 Å². The summed E-state index contributed by atoms with van der Waals surface area (Å²) in [5.41, 5.74) is 1.67. The van der Waals surface area contributed by atoms with Crippen LogP contribution in [0.3, 0.4) is 0 Å². The van der Waals surface area contributed by atoms with Crippen molar-refractivity contribution in [1.82, 2.24) is 0 Å². The number of anilines is 1. The van der Waals surface area contributed by atoms with Gasteiger partial charge in [0.2, 0.25) is 0 Å². The maximum absolute atomic E-state index is 13.0. The van der Waals surface area contributed by atoms with Gasteiger partial charge in [0.25, 0.3) is 0 Å². The number of hydrogen-bond donors (Lipinski definition) is 2. The molecule has 82 valence electrons. The Kier molecular flexibility index (Phi) is 3.05. The molecule has 0 bridgehead atoms. The maximum Gasteiger partial charge on any atom is 0.127 e. The van der Waals surface area contributed by atoms with Gasteiger partial charge < -0.3 is 10.4 Å². The first kappa shape index (κ1) is 10.5. The van der Waals surface area contributed by atoms with Gasteiger partial charge in [0, 0.05) is 18.3 Å². The highest BCUT2D eigenvalue weighted by Crippen LogP contribution is 2.16. The number of benzene rings is 2. The first-order valence-corrected chi connectivity index (χ1v) is 5.01. The lowest BCUT2D eigenvalue weighted by Gasteiger charge is -2.06. The van der Waals surface area contributed by atoms with Crippen molar-refractivity contribution in [3.05, 3.63) is 59.9 Å². The summed E-state index contributed by atoms with van der Waals surface area (Å²) in [4.78, 5) is 0. The Labute approximate surface area is 93.4 Å². The fourth-order valence-electron chi connectivity index (χ4n) is 1.50. The summed E-state index contributed by atoms with van der Waals surface area (Å²) < 4.78 is 13.0. The number of nitrogens with one attached hydrogen (secondary N) is 1. The van der Waals surface area contributed by atoms with Crippen molar-refractivity contribution < 1.29 is 9.50 Å². The van der Waals surface area contributed by atoms with E-state index < -0.39 is 5.82 Å². The number of phenols is 1. The number of halogens is 1. The van der Waals surface area contributed by atoms with Gasteiger partial charge in [0.1, 0.15) is 11.6 Å². The van der Waals surface area contributed by atoms with Gasteiger partial charge in [-0.05, 0) is 29.8 Å². The number of rotatable bonds is 3. The third-order valence-electron chi connectivity index (χ3n) is 2.21. The van der Waals surface area contributed by atoms with Crippen LogP contribution in [0.2, 0.25) is 0 Å². The van der Waals surface area contributed by atoms with Crippen LogP contribution in [0, 0.1) is 5.82 Å². The van der Waals surface area contributed by atoms with Crippen molar-refractivity contribution in [1.29, 1.82) is 0 Å². The first-order valence-electron chi connectivity index (χ1n) is 5.01. The zero-order chi connectivity index (χ0) is 11.4. The predicted molar refractivity (Wildman–Crippen MR) is 61.8 cm³/mol. The Balaban J connectivity index is 2.05. The van der Waals surface area contributed by atoms with E-state index in [1.54, 1.807) is 6.07 Å². The van der Waals surface area contributed by atoms with Crippen molar-refractivity contribution in [2.45, 2.75) is 6.54 Å². The smallest absolute Gasteiger partial charge is 0.127 e. The Morgan fingerprint density at radius 3 is 2.50 bits per heavy atom. The van der Waals surface area contributed by atoms with Crippen molar-refractivity contribution >= 4 is 5.69 Å². The number of aromatic hydroxyl groups is 1. The molecule has 2 nitrogen and oxygen atoms in total. The van der Waals surface area contributed by atoms with Crippen LogP contribution in [0.1, 0.15) is 5.56 Å². The van der Waals surface area contributed by atoms with Crippen LogP contribution >= 0.6 is 0 Å². The Bertz CT molecular complexity index is 450. The fourth-order valence-corrected chi connectivity index (χ4v) is 1.50. The molecular formula is C13H12FNO. The van der Waals surface area contributed by atoms with Crippen LogP contribution < -0.4 is 5.32 Å². The maximum atomic E-state index is 13.0. The minimum absolute atomic E-state index is 0.0511. The quantitative estimate of drug-likeness (QED) is 0.827. The predicted octanol–water partition coefficient (Wildman–Crippen LogP) is 3.14. The van der Waals surface area contributed by atoms with Crippen molar-refractivity contribution in [3.63, 3.8) is 0 Å². The van der Waals surface area contributed by atoms with E-state index >= 15 is 0 Å². The molecule has 0 radical (unpaired) electrons. The zero-order valence-electron chi connectivity index (χ0n) is 8.65. The first-order chi connectivity index (χ1) is 7.74. The van der Waals surface area contributed by atoms with E-state index in [4.69, 9.17) is 0 Å². The highest BCUT2D eigenvalue weighted by Gasteiger charge is 1.99. The lowest BCUT2D eigenvalue weighted by atomic mass is 10.2. The molecule has 2 N–H and O–H groups in total. The van der Waals surface area contributed by atoms with Crippen molar-refractivity contribution in [2.24, 2.45) is 0 Å². The van der Waals surface area contributed by atoms with E-state index in [-0.39, 0.29) is 5.75 Å². The normalized spacial score (nSPS) is 10.1. The minimum Gasteiger partial charge on any atom is -0.508 e. The van der Waals surface area contributed by atoms with Gasteiger partial charge in [-0.15, -0.1) is 0 Å². The molecule has 0 aromatic heterocycles. The van der Waals surface area contributed by atoms with Crippen molar-refractivity contribution in [2.75, 3.05) is 5.32 Å². The molecule has 0 heterocycles. The molecule has 0 fully saturated rings. The topological polar surface area (TPSA) is 32.3 Å². The number of phenolic OH excluding ortho intramolecular Hbond substituents is 1. The van der Waals surface area contributed by atoms with Gasteiger partial charge in [0.15, 0.2) is 0 Å². The van der Waals surface area contributed by atoms with E-state index in [9.17, 15) is 9.50 Å². The van der Waals surface area contributed by atoms with E-state index in [0.29, 0.717) is 12.1 Å². The number of para-hydroxylation sites is 1. The van der Waals surface area contributed by atoms with Crippen LogP contribution in [0.4, 0.5) is 10.1 Å². The molecule has 0 amide bonds. The van der Waals surface area contributed by atoms with Crippen LogP contribution in [0.25, 0.3) is 0 Å². The molecule has 0 aliphatic rings. The third-order valence-corrected chi connectivity index (χ3v) is 2.21. The fraction of sp³-hybridized carbons (Fsp3) is 0.0769. The van der Waals surface area contributed by atoms with Gasteiger partial charge in [-0.25, -0.2) is 4.39 Å². The van der Waals surface area contributed by atoms with E-state index in [1.807, 2.05) is 30.3 Å². The lowest BCUT2D eigenvalue weighted by molar-refractivity contribution is 0.468. The molecule has 0 unspecified atom stereocenters. The summed E-state index contributed by atoms with van der Waals surface area (Å²) in [5, 5.41) is 12.4. The molecule has 0 saturated heterocycles. The van der Waals surface area contributed by atoms with Crippen LogP contribution in [-0.4, -0.2) is 5.11 Å². The van der Waals surface area contributed by atoms with E-state index in [0.717, 1.165) is 11.8 Å². The summed E-state index contributed by atoms with van der Waals surface area (Å²) in [7, 11) is 0. The molecular weight excluding hydrogens is 205 g/mol. The standard InChI is InChI=1S/C13H12FNO/c14-11-6-10(7-13(16)8-11)9-15-12-4-2-1-3-5-12/h1-8,15-16H,9H2. The van der Waals surface area contributed by atoms with Gasteiger partial charge in [-0.3, -0.25) is 0 Å². The Morgan fingerprint density at radius 1 is 1.06 bits per heavy atom. The zero-order valence-corrected chi connectivity index (χ0v) is 8.65. The third kappa shape index (κ3) is 2.73. The largest absolute Gasteiger partial charge is 0.508 e. The Morgan fingerprint density at radius 2 is 1.81 bits per heavy atom. The van der Waals surface area contributed by atoms with Gasteiger partial charge in [0.05, 0.1) is 0 Å². The molecule has 0 atom stereocenters. The summed E-state index contributed by atoms with van der Waals surface area (Å²) in [6.07, 6.45) is 0. The average Bonchev–Trinajstić information content (AvgIpc) is 2.27. The van der Waals surface area contributed by atoms with Crippen molar-refractivity contribution in [3.8, 4) is 5.75 Å². The summed E-state index contributed by atoms with van der Waals surface area (Å²) >= 11 is 0. The molecule has 3 heteroatoms. The molecule has 0 saturated carbocycles. The molecule has 0 aliphatic heterocycles. The summed E-state index contributed by atoms with van der Waals surface area (Å²) in [6, 6.07) is 13.7. The van der Waals surface area contributed by atoms with Gasteiger partial charge in [-0.2, -0.15) is 0 Å². The number of hydrogen-bond acceptors (Lipinski definition) is 2. The minimum atomic E-state index is -0.426. The van der Waals surface area contributed by atoms with E-state index in [1.165, 1.54) is 6.07 Å². The highest BCUT2D eigenvalue weighted by molar-refractivity contribution is 5.43. The SMILES string of the molecule is Oc1cc(F)cc(CNc2ccccc2)c1. The molecule has 2 aromatic carbocycles. The second-order valence-electron chi connectivity index (χ2n) is 3.54. The van der Waals surface area contributed by atoms with E-state index in [2.05, 4.69) is 5.32 Å². The highest BCUT2D eigenvalue weighted by atomic mass is 19.1. The second kappa shape index (κ2) is 4.66. The average molecular weight is 217 g/mol. The monoisotopic (exact) mass is 217 g/mol. The molecule has 16 heavy (non-hydrogen) atoms. The van der Waals surface area contributed by atoms with Crippen LogP contribution in [0.5, 0.6) is 5.75 Å². The second-order valence-corrected chi connectivity index (χ2v) is 3.54. The molecule has 0 spiro atoms. The Hall–Kier alpha value is -2.03. The van der Waals surface area contributed by atoms with Crippen LogP contribution in [0.15, 0.2) is 48.5 Å². The molecule has 0 aliphatic carbocycles.